The Kier molecular flexibility index (Phi) is 9.00. The van der Waals surface area contributed by atoms with Gasteiger partial charge < -0.3 is 15.7 Å². The molecule has 2 fully saturated rings. The molecule has 2 amide bonds. The molecule has 39 heavy (non-hydrogen) atoms. The van der Waals surface area contributed by atoms with Gasteiger partial charge in [0.05, 0.1) is 6.04 Å². The van der Waals surface area contributed by atoms with Gasteiger partial charge in [-0.25, -0.2) is 4.79 Å². The molecule has 2 aliphatic rings. The van der Waals surface area contributed by atoms with Crippen LogP contribution in [0, 0.1) is 5.92 Å². The Bertz CT molecular complexity index is 1120. The maximum Gasteiger partial charge on any atom is 0.315 e. The minimum atomic E-state index is -1.33. The standard InChI is InChI=1S/C34H43N3O2/c1-26(34(39,29-14-7-3-8-15-29)30-16-9-4-10-17-30)35-33(38)36-31-21-19-27(20-22-31)23-25-37-24-11-18-32(37)28-12-5-2-6-13-28/h2-10,12-17,26-27,31-32,39H,11,18-25H2,1H3,(H2,35,36,38)/t26-,27-,31-,32?/m0/s1. The molecule has 3 aromatic carbocycles. The highest BCUT2D eigenvalue weighted by molar-refractivity contribution is 5.75. The normalized spacial score (nSPS) is 22.8. The van der Waals surface area contributed by atoms with Gasteiger partial charge in [0.25, 0.3) is 0 Å². The number of urea groups is 1. The van der Waals surface area contributed by atoms with Crippen LogP contribution in [0.3, 0.4) is 0 Å². The fourth-order valence-corrected chi connectivity index (χ4v) is 6.67. The summed E-state index contributed by atoms with van der Waals surface area (Å²) in [6, 6.07) is 30.1. The first-order chi connectivity index (χ1) is 19.0. The number of nitrogens with zero attached hydrogens (tertiary/aromatic N) is 1. The molecule has 0 bridgehead atoms. The van der Waals surface area contributed by atoms with Crippen molar-refractivity contribution in [2.24, 2.45) is 5.92 Å². The van der Waals surface area contributed by atoms with E-state index in [4.69, 9.17) is 0 Å². The zero-order chi connectivity index (χ0) is 27.1. The number of benzene rings is 3. The molecule has 206 valence electrons. The highest BCUT2D eigenvalue weighted by Crippen LogP contribution is 2.35. The SMILES string of the molecule is C[C@H](NC(=O)N[C@H]1CC[C@H](CCN2CCCC2c2ccccc2)CC1)C(O)(c1ccccc1)c1ccccc1. The minimum absolute atomic E-state index is 0.179. The van der Waals surface area contributed by atoms with Crippen molar-refractivity contribution < 1.29 is 9.90 Å². The summed E-state index contributed by atoms with van der Waals surface area (Å²) in [6.07, 6.45) is 8.11. The van der Waals surface area contributed by atoms with Crippen molar-refractivity contribution in [3.8, 4) is 0 Å². The average Bonchev–Trinajstić information content (AvgIpc) is 3.46. The van der Waals surface area contributed by atoms with Crippen LogP contribution in [0.5, 0.6) is 0 Å². The van der Waals surface area contributed by atoms with E-state index in [-0.39, 0.29) is 12.1 Å². The molecule has 1 aliphatic heterocycles. The molecule has 2 atom stereocenters. The van der Waals surface area contributed by atoms with Crippen LogP contribution in [0.1, 0.15) is 74.6 Å². The average molecular weight is 526 g/mol. The van der Waals surface area contributed by atoms with Crippen LogP contribution in [0.25, 0.3) is 0 Å². The number of amides is 2. The Morgan fingerprint density at radius 1 is 0.872 bits per heavy atom. The van der Waals surface area contributed by atoms with Gasteiger partial charge in [-0.1, -0.05) is 91.0 Å². The van der Waals surface area contributed by atoms with E-state index in [0.717, 1.165) is 49.3 Å². The third-order valence-corrected chi connectivity index (χ3v) is 8.96. The van der Waals surface area contributed by atoms with Gasteiger partial charge in [-0.2, -0.15) is 0 Å². The first-order valence-corrected chi connectivity index (χ1v) is 14.7. The van der Waals surface area contributed by atoms with Gasteiger partial charge in [0.15, 0.2) is 0 Å². The summed E-state index contributed by atoms with van der Waals surface area (Å²) in [6.45, 7) is 4.24. The number of nitrogens with one attached hydrogen (secondary N) is 2. The highest BCUT2D eigenvalue weighted by Gasteiger charge is 2.39. The van der Waals surface area contributed by atoms with Crippen molar-refractivity contribution in [3.05, 3.63) is 108 Å². The van der Waals surface area contributed by atoms with Crippen LogP contribution < -0.4 is 10.6 Å². The Hall–Kier alpha value is -3.15. The zero-order valence-corrected chi connectivity index (χ0v) is 23.1. The molecule has 5 heteroatoms. The second-order valence-corrected chi connectivity index (χ2v) is 11.4. The molecule has 5 nitrogen and oxygen atoms in total. The maximum absolute atomic E-state index is 13.0. The molecule has 1 saturated heterocycles. The van der Waals surface area contributed by atoms with Crippen molar-refractivity contribution in [1.82, 2.24) is 15.5 Å². The van der Waals surface area contributed by atoms with E-state index in [2.05, 4.69) is 45.9 Å². The fourth-order valence-electron chi connectivity index (χ4n) is 6.67. The number of carbonyl (C=O) groups is 1. The monoisotopic (exact) mass is 525 g/mol. The number of carbonyl (C=O) groups excluding carboxylic acids is 1. The summed E-state index contributed by atoms with van der Waals surface area (Å²) in [5.41, 5.74) is 1.65. The quantitative estimate of drug-likeness (QED) is 0.303. The Morgan fingerprint density at radius 3 is 2.03 bits per heavy atom. The first-order valence-electron chi connectivity index (χ1n) is 14.7. The number of aliphatic hydroxyl groups is 1. The second kappa shape index (κ2) is 12.8. The first kappa shape index (κ1) is 27.4. The van der Waals surface area contributed by atoms with E-state index in [9.17, 15) is 9.90 Å². The molecule has 1 heterocycles. The molecule has 0 radical (unpaired) electrons. The van der Waals surface area contributed by atoms with Crippen molar-refractivity contribution >= 4 is 6.03 Å². The fraction of sp³-hybridized carbons (Fsp3) is 0.441. The van der Waals surface area contributed by atoms with E-state index in [1.165, 1.54) is 31.4 Å². The Labute approximate surface area is 233 Å². The summed E-state index contributed by atoms with van der Waals surface area (Å²) in [5.74, 6) is 0.725. The molecular weight excluding hydrogens is 482 g/mol. The summed E-state index contributed by atoms with van der Waals surface area (Å²) >= 11 is 0. The number of hydrogen-bond acceptors (Lipinski definition) is 3. The van der Waals surface area contributed by atoms with Gasteiger partial charge in [-0.05, 0) is 87.6 Å². The molecule has 0 aromatic heterocycles. The van der Waals surface area contributed by atoms with Crippen LogP contribution >= 0.6 is 0 Å². The lowest BCUT2D eigenvalue weighted by molar-refractivity contribution is 0.0470. The van der Waals surface area contributed by atoms with Crippen LogP contribution in [0.4, 0.5) is 4.79 Å². The predicted molar refractivity (Wildman–Crippen MR) is 157 cm³/mol. The zero-order valence-electron chi connectivity index (χ0n) is 23.1. The molecular formula is C34H43N3O2. The molecule has 0 spiro atoms. The lowest BCUT2D eigenvalue weighted by Crippen LogP contribution is -2.54. The van der Waals surface area contributed by atoms with E-state index >= 15 is 0 Å². The summed E-state index contributed by atoms with van der Waals surface area (Å²) in [4.78, 5) is 15.7. The summed E-state index contributed by atoms with van der Waals surface area (Å²) in [5, 5.41) is 18.2. The van der Waals surface area contributed by atoms with Crippen LogP contribution in [0.2, 0.25) is 0 Å². The van der Waals surface area contributed by atoms with Gasteiger partial charge in [-0.3, -0.25) is 4.90 Å². The highest BCUT2D eigenvalue weighted by atomic mass is 16.3. The van der Waals surface area contributed by atoms with Crippen LogP contribution in [-0.2, 0) is 5.60 Å². The molecule has 5 rings (SSSR count). The van der Waals surface area contributed by atoms with E-state index in [1.807, 2.05) is 67.6 Å². The molecule has 3 aromatic rings. The second-order valence-electron chi connectivity index (χ2n) is 11.4. The topological polar surface area (TPSA) is 64.6 Å². The summed E-state index contributed by atoms with van der Waals surface area (Å²) in [7, 11) is 0. The lowest BCUT2D eigenvalue weighted by Gasteiger charge is -2.36. The number of likely N-dealkylation sites (tertiary alicyclic amines) is 1. The lowest BCUT2D eigenvalue weighted by atomic mass is 9.81. The van der Waals surface area contributed by atoms with Crippen molar-refractivity contribution in [1.29, 1.82) is 0 Å². The third-order valence-electron chi connectivity index (χ3n) is 8.96. The van der Waals surface area contributed by atoms with Crippen LogP contribution in [-0.4, -0.2) is 41.2 Å². The van der Waals surface area contributed by atoms with Gasteiger partial charge >= 0.3 is 6.03 Å². The summed E-state index contributed by atoms with van der Waals surface area (Å²) < 4.78 is 0. The van der Waals surface area contributed by atoms with Crippen molar-refractivity contribution in [2.75, 3.05) is 13.1 Å². The third kappa shape index (κ3) is 6.54. The molecule has 1 aliphatic carbocycles. The van der Waals surface area contributed by atoms with E-state index in [1.54, 1.807) is 0 Å². The van der Waals surface area contributed by atoms with Gasteiger partial charge in [0.1, 0.15) is 5.60 Å². The van der Waals surface area contributed by atoms with Gasteiger partial charge in [0.2, 0.25) is 0 Å². The molecule has 1 saturated carbocycles. The predicted octanol–water partition coefficient (Wildman–Crippen LogP) is 6.40. The van der Waals surface area contributed by atoms with E-state index < -0.39 is 11.6 Å². The Balaban J connectivity index is 1.11. The largest absolute Gasteiger partial charge is 0.378 e. The van der Waals surface area contributed by atoms with Crippen molar-refractivity contribution in [2.45, 2.75) is 75.6 Å². The van der Waals surface area contributed by atoms with Crippen LogP contribution in [0.15, 0.2) is 91.0 Å². The maximum atomic E-state index is 13.0. The van der Waals surface area contributed by atoms with E-state index in [0.29, 0.717) is 6.04 Å². The molecule has 1 unspecified atom stereocenters. The van der Waals surface area contributed by atoms with Gasteiger partial charge in [0, 0.05) is 12.1 Å². The van der Waals surface area contributed by atoms with Gasteiger partial charge in [-0.15, -0.1) is 0 Å². The molecule has 3 N–H and O–H groups in total. The van der Waals surface area contributed by atoms with Crippen molar-refractivity contribution in [3.63, 3.8) is 0 Å². The number of hydrogen-bond donors (Lipinski definition) is 3. The number of rotatable bonds is 9. The smallest absolute Gasteiger partial charge is 0.315 e. The minimum Gasteiger partial charge on any atom is -0.378 e. The Morgan fingerprint density at radius 2 is 1.44 bits per heavy atom.